The first-order valence-corrected chi connectivity index (χ1v) is 21.1. The highest BCUT2D eigenvalue weighted by molar-refractivity contribution is 5.82. The second-order valence-corrected chi connectivity index (χ2v) is 17.1. The minimum atomic E-state index is -0.889. The van der Waals surface area contributed by atoms with E-state index in [0.717, 1.165) is 18.4 Å². The number of rotatable bonds is 16. The van der Waals surface area contributed by atoms with Crippen molar-refractivity contribution >= 4 is 12.4 Å². The third kappa shape index (κ3) is 14.1. The molecular formula is C45H75NO12. The predicted octanol–water partition coefficient (Wildman–Crippen LogP) is 5.16. The monoisotopic (exact) mass is 822 g/mol. The van der Waals surface area contributed by atoms with E-state index >= 15 is 0 Å². The number of epoxide rings is 1. The number of amides is 1. The summed E-state index contributed by atoms with van der Waals surface area (Å²) in [7, 11) is 8.21. The summed E-state index contributed by atoms with van der Waals surface area (Å²) in [5.41, 5.74) is 0.0593. The van der Waals surface area contributed by atoms with E-state index in [0.29, 0.717) is 45.1 Å². The van der Waals surface area contributed by atoms with Crippen LogP contribution in [0.15, 0.2) is 48.2 Å². The highest BCUT2D eigenvalue weighted by atomic mass is 16.6. The van der Waals surface area contributed by atoms with Crippen molar-refractivity contribution in [2.75, 3.05) is 42.1 Å². The Hall–Kier alpha value is -2.46. The summed E-state index contributed by atoms with van der Waals surface area (Å²) >= 11 is 0. The molecule has 1 amide bonds. The predicted molar refractivity (Wildman–Crippen MR) is 222 cm³/mol. The number of hydrogen-bond donors (Lipinski definition) is 3. The van der Waals surface area contributed by atoms with Crippen molar-refractivity contribution in [2.45, 2.75) is 153 Å². The van der Waals surface area contributed by atoms with E-state index in [-0.39, 0.29) is 48.1 Å². The fraction of sp³-hybridized carbons (Fsp3) is 0.778. The molecule has 0 aromatic heterocycles. The van der Waals surface area contributed by atoms with E-state index in [9.17, 15) is 24.9 Å². The molecule has 2 bridgehead atoms. The molecule has 0 saturated carbocycles. The highest BCUT2D eigenvalue weighted by Gasteiger charge is 2.59. The molecule has 3 aliphatic heterocycles. The average Bonchev–Trinajstić information content (AvgIpc) is 4.02. The van der Waals surface area contributed by atoms with E-state index in [4.69, 9.17) is 33.2 Å². The molecule has 0 aliphatic carbocycles. The number of methoxy groups -OCH3 is 4. The minimum Gasteiger partial charge on any atom is -0.458 e. The molecule has 332 valence electrons. The largest absolute Gasteiger partial charge is 0.458 e. The molecule has 3 aliphatic rings. The molecule has 3 N–H and O–H groups in total. The number of fused-ring (bicyclic) bond motifs is 2. The second kappa shape index (κ2) is 24.1. The maximum absolute atomic E-state index is 13.5. The normalized spacial score (nSPS) is 35.4. The van der Waals surface area contributed by atoms with Crippen LogP contribution in [0.25, 0.3) is 0 Å². The zero-order chi connectivity index (χ0) is 43.2. The van der Waals surface area contributed by atoms with Gasteiger partial charge in [0.25, 0.3) is 0 Å². The number of cyclic esters (lactones) is 1. The summed E-state index contributed by atoms with van der Waals surface area (Å²) in [4.78, 5) is 26.0. The van der Waals surface area contributed by atoms with Gasteiger partial charge in [-0.3, -0.25) is 4.79 Å². The summed E-state index contributed by atoms with van der Waals surface area (Å²) in [6, 6.07) is 0. The summed E-state index contributed by atoms with van der Waals surface area (Å²) in [6.45, 7) is 12.0. The molecule has 16 atom stereocenters. The molecule has 1 fully saturated rings. The molecule has 13 heteroatoms. The van der Waals surface area contributed by atoms with Gasteiger partial charge < -0.3 is 53.4 Å². The number of aliphatic hydroxyl groups is 3. The van der Waals surface area contributed by atoms with Crippen molar-refractivity contribution in [1.82, 2.24) is 4.90 Å². The van der Waals surface area contributed by atoms with Crippen molar-refractivity contribution in [3.05, 3.63) is 48.2 Å². The first-order valence-electron chi connectivity index (χ1n) is 21.1. The van der Waals surface area contributed by atoms with E-state index in [1.807, 2.05) is 59.8 Å². The topological polar surface area (TPSA) is 166 Å². The van der Waals surface area contributed by atoms with Crippen LogP contribution >= 0.6 is 0 Å². The van der Waals surface area contributed by atoms with Gasteiger partial charge in [-0.1, -0.05) is 70.6 Å². The van der Waals surface area contributed by atoms with Crippen LogP contribution in [0.2, 0.25) is 0 Å². The van der Waals surface area contributed by atoms with E-state index in [2.05, 4.69) is 6.08 Å². The Labute approximate surface area is 347 Å². The van der Waals surface area contributed by atoms with Gasteiger partial charge in [-0.25, -0.2) is 4.79 Å². The summed E-state index contributed by atoms with van der Waals surface area (Å²) in [6.07, 6.45) is 11.9. The van der Waals surface area contributed by atoms with Crippen LogP contribution in [0.4, 0.5) is 0 Å². The van der Waals surface area contributed by atoms with Crippen LogP contribution in [0, 0.1) is 29.6 Å². The van der Waals surface area contributed by atoms with Crippen molar-refractivity contribution in [3.8, 4) is 0 Å². The molecule has 3 rings (SSSR count). The van der Waals surface area contributed by atoms with Gasteiger partial charge in [-0.2, -0.15) is 0 Å². The maximum Gasteiger partial charge on any atom is 0.331 e. The molecule has 0 aromatic carbocycles. The Kier molecular flexibility index (Phi) is 20.7. The molecule has 58 heavy (non-hydrogen) atoms. The number of esters is 1. The van der Waals surface area contributed by atoms with Gasteiger partial charge in [0.2, 0.25) is 6.41 Å². The number of ether oxygens (including phenoxy) is 7. The van der Waals surface area contributed by atoms with Gasteiger partial charge in [-0.15, -0.1) is 0 Å². The molecule has 1 saturated heterocycles. The first kappa shape index (κ1) is 49.9. The first-order chi connectivity index (χ1) is 27.5. The fourth-order valence-corrected chi connectivity index (χ4v) is 8.80. The third-order valence-electron chi connectivity index (χ3n) is 12.8. The van der Waals surface area contributed by atoms with Crippen molar-refractivity contribution in [1.29, 1.82) is 0 Å². The SMILES string of the molecule is COC1CC(OC)C2(CO2)C(OC)CC2CC=CC(CC(O)C/C=C(C)/C=C/C(=O)OC(C(C)C(O)C(C)CCC(O)C(C)C(OC)C(C)/C=C/N(C)C=O)C1C)O2. The lowest BCUT2D eigenvalue weighted by Crippen LogP contribution is -2.50. The molecule has 0 radical (unpaired) electrons. The van der Waals surface area contributed by atoms with Gasteiger partial charge >= 0.3 is 5.97 Å². The van der Waals surface area contributed by atoms with Crippen LogP contribution in [0.1, 0.15) is 86.5 Å². The Balaban J connectivity index is 1.86. The molecular weight excluding hydrogens is 746 g/mol. The lowest BCUT2D eigenvalue weighted by Gasteiger charge is -2.39. The van der Waals surface area contributed by atoms with Crippen LogP contribution < -0.4 is 0 Å². The summed E-state index contributed by atoms with van der Waals surface area (Å²) in [5.74, 6) is -2.02. The molecule has 16 unspecified atom stereocenters. The average molecular weight is 822 g/mol. The second-order valence-electron chi connectivity index (χ2n) is 17.1. The van der Waals surface area contributed by atoms with Gasteiger partial charge in [0, 0.05) is 90.7 Å². The minimum absolute atomic E-state index is 0.0676. The van der Waals surface area contributed by atoms with Gasteiger partial charge in [-0.05, 0) is 38.5 Å². The lowest BCUT2D eigenvalue weighted by atomic mass is 9.78. The van der Waals surface area contributed by atoms with Gasteiger partial charge in [0.15, 0.2) is 0 Å². The van der Waals surface area contributed by atoms with Gasteiger partial charge in [0.1, 0.15) is 11.7 Å². The van der Waals surface area contributed by atoms with Crippen molar-refractivity contribution in [3.63, 3.8) is 0 Å². The zero-order valence-corrected chi connectivity index (χ0v) is 36.9. The van der Waals surface area contributed by atoms with Gasteiger partial charge in [0.05, 0.1) is 61.5 Å². The number of allylic oxidation sites excluding steroid dienone is 2. The van der Waals surface area contributed by atoms with E-state index in [1.54, 1.807) is 47.8 Å². The quantitative estimate of drug-likeness (QED) is 0.0812. The Bertz CT molecular complexity index is 1360. The number of hydrogen-bond acceptors (Lipinski definition) is 12. The van der Waals surface area contributed by atoms with Crippen LogP contribution in [-0.2, 0) is 42.7 Å². The summed E-state index contributed by atoms with van der Waals surface area (Å²) < 4.78 is 43.0. The molecule has 1 spiro atoms. The molecule has 0 aromatic rings. The Morgan fingerprint density at radius 1 is 0.983 bits per heavy atom. The number of carbonyl (C=O) groups is 2. The fourth-order valence-electron chi connectivity index (χ4n) is 8.80. The third-order valence-corrected chi connectivity index (χ3v) is 12.8. The smallest absolute Gasteiger partial charge is 0.331 e. The lowest BCUT2D eigenvalue weighted by molar-refractivity contribution is -0.159. The number of carbonyl (C=O) groups excluding carboxylic acids is 2. The van der Waals surface area contributed by atoms with E-state index in [1.165, 1.54) is 11.0 Å². The Morgan fingerprint density at radius 2 is 1.66 bits per heavy atom. The van der Waals surface area contributed by atoms with Crippen LogP contribution in [-0.4, -0.2) is 141 Å². The molecule has 3 heterocycles. The number of aliphatic hydroxyl groups excluding tert-OH is 3. The molecule has 13 nitrogen and oxygen atoms in total. The highest BCUT2D eigenvalue weighted by Crippen LogP contribution is 2.43. The maximum atomic E-state index is 13.5. The zero-order valence-electron chi connectivity index (χ0n) is 36.9. The summed E-state index contributed by atoms with van der Waals surface area (Å²) in [5, 5.41) is 34.0. The Morgan fingerprint density at radius 3 is 2.26 bits per heavy atom. The van der Waals surface area contributed by atoms with Crippen molar-refractivity contribution in [2.24, 2.45) is 29.6 Å². The van der Waals surface area contributed by atoms with Crippen LogP contribution in [0.5, 0.6) is 0 Å². The van der Waals surface area contributed by atoms with E-state index < -0.39 is 54.1 Å². The standard InChI is InChI=1S/C45H75NO12/c1-28-15-18-34(48)23-35-13-12-14-36(57-35)24-39(53-9)45(26-56-45)40(54-10)25-38(52-8)32(5)44(58-41(50)20-16-28)33(6)42(51)29(2)17-19-37(49)31(4)43(55-11)30(3)21-22-46(7)27-47/h12-13,15-16,20-22,27,29-40,42-44,48-49,51H,14,17-19,23-26H2,1-11H3/b20-16+,22-21+,28-15+. The van der Waals surface area contributed by atoms with Crippen LogP contribution in [0.3, 0.4) is 0 Å². The number of nitrogens with zero attached hydrogens (tertiary/aromatic N) is 1. The van der Waals surface area contributed by atoms with Crippen molar-refractivity contribution < 1.29 is 58.1 Å².